The number of carboxylic acid groups (broad SMARTS) is 1. The number of carbonyl (C=O) groups is 1. The third-order valence-electron chi connectivity index (χ3n) is 2.87. The van der Waals surface area contributed by atoms with Gasteiger partial charge in [-0.05, 0) is 29.8 Å². The van der Waals surface area contributed by atoms with E-state index in [-0.39, 0.29) is 5.56 Å². The summed E-state index contributed by atoms with van der Waals surface area (Å²) in [6.07, 6.45) is 3.56. The Morgan fingerprint density at radius 2 is 2.11 bits per heavy atom. The van der Waals surface area contributed by atoms with Crippen molar-refractivity contribution in [1.82, 2.24) is 9.97 Å². The number of hydrogen-bond acceptors (Lipinski definition) is 2. The largest absolute Gasteiger partial charge is 0.478 e. The summed E-state index contributed by atoms with van der Waals surface area (Å²) in [4.78, 5) is 18.3. The van der Waals surface area contributed by atoms with Gasteiger partial charge in [-0.1, -0.05) is 12.1 Å². The minimum Gasteiger partial charge on any atom is -0.478 e. The van der Waals surface area contributed by atoms with Crippen LogP contribution in [0.3, 0.4) is 0 Å². The van der Waals surface area contributed by atoms with Gasteiger partial charge in [-0.3, -0.25) is 0 Å². The number of H-pyrrole nitrogens is 1. The third kappa shape index (κ3) is 1.64. The van der Waals surface area contributed by atoms with Crippen LogP contribution >= 0.6 is 0 Å². The lowest BCUT2D eigenvalue weighted by atomic mass is 10.0. The molecule has 4 nitrogen and oxygen atoms in total. The van der Waals surface area contributed by atoms with Gasteiger partial charge >= 0.3 is 5.97 Å². The second-order valence-corrected chi connectivity index (χ2v) is 3.99. The van der Waals surface area contributed by atoms with Crippen molar-refractivity contribution in [2.24, 2.45) is 0 Å². The van der Waals surface area contributed by atoms with Gasteiger partial charge in [-0.15, -0.1) is 0 Å². The molecule has 0 bridgehead atoms. The van der Waals surface area contributed by atoms with Crippen LogP contribution in [0.5, 0.6) is 0 Å². The van der Waals surface area contributed by atoms with Crippen LogP contribution in [0.4, 0.5) is 0 Å². The molecule has 0 fully saturated rings. The van der Waals surface area contributed by atoms with Gasteiger partial charge in [0.1, 0.15) is 5.65 Å². The first kappa shape index (κ1) is 10.5. The van der Waals surface area contributed by atoms with E-state index in [9.17, 15) is 4.79 Å². The topological polar surface area (TPSA) is 66.0 Å². The fraction of sp³-hybridized carbons (Fsp3) is 0. The van der Waals surface area contributed by atoms with E-state index >= 15 is 0 Å². The molecule has 3 rings (SSSR count). The van der Waals surface area contributed by atoms with Crippen LogP contribution in [0.25, 0.3) is 22.2 Å². The first-order chi connectivity index (χ1) is 8.75. The highest BCUT2D eigenvalue weighted by Gasteiger charge is 2.09. The van der Waals surface area contributed by atoms with Gasteiger partial charge in [-0.25, -0.2) is 9.78 Å². The Labute approximate surface area is 103 Å². The quantitative estimate of drug-likeness (QED) is 0.721. The van der Waals surface area contributed by atoms with Crippen LogP contribution in [-0.2, 0) is 0 Å². The highest BCUT2D eigenvalue weighted by molar-refractivity contribution is 5.95. The standard InChI is InChI=1S/C14H10N2O2/c17-14(18)10-4-1-3-9(7-10)12-8-16-13-11(12)5-2-6-15-13/h1-8H,(H,15,16)(H,17,18). The molecule has 0 radical (unpaired) electrons. The molecule has 2 heterocycles. The number of aromatic carboxylic acids is 1. The Morgan fingerprint density at radius 1 is 1.22 bits per heavy atom. The summed E-state index contributed by atoms with van der Waals surface area (Å²) in [6, 6.07) is 10.7. The molecule has 0 aliphatic rings. The molecule has 0 saturated heterocycles. The first-order valence-electron chi connectivity index (χ1n) is 5.51. The average Bonchev–Trinajstić information content (AvgIpc) is 2.82. The lowest BCUT2D eigenvalue weighted by Gasteiger charge is -2.01. The Morgan fingerprint density at radius 3 is 2.94 bits per heavy atom. The van der Waals surface area contributed by atoms with E-state index in [0.717, 1.165) is 22.2 Å². The number of pyridine rings is 1. The molecule has 0 amide bonds. The van der Waals surface area contributed by atoms with Crippen molar-refractivity contribution in [3.05, 3.63) is 54.4 Å². The molecule has 0 spiro atoms. The fourth-order valence-corrected chi connectivity index (χ4v) is 2.01. The van der Waals surface area contributed by atoms with Gasteiger partial charge in [-0.2, -0.15) is 0 Å². The van der Waals surface area contributed by atoms with Gasteiger partial charge < -0.3 is 10.1 Å². The lowest BCUT2D eigenvalue weighted by molar-refractivity contribution is 0.0697. The van der Waals surface area contributed by atoms with E-state index < -0.39 is 5.97 Å². The van der Waals surface area contributed by atoms with Crippen LogP contribution in [0.2, 0.25) is 0 Å². The number of benzene rings is 1. The van der Waals surface area contributed by atoms with Gasteiger partial charge in [0.25, 0.3) is 0 Å². The van der Waals surface area contributed by atoms with Crippen molar-refractivity contribution in [3.63, 3.8) is 0 Å². The zero-order chi connectivity index (χ0) is 12.5. The van der Waals surface area contributed by atoms with Gasteiger partial charge in [0.2, 0.25) is 0 Å². The maximum Gasteiger partial charge on any atom is 0.335 e. The van der Waals surface area contributed by atoms with Crippen LogP contribution in [0.1, 0.15) is 10.4 Å². The summed E-state index contributed by atoms with van der Waals surface area (Å²) < 4.78 is 0. The Kier molecular flexibility index (Phi) is 2.34. The Bertz CT molecular complexity index is 731. The van der Waals surface area contributed by atoms with Crippen molar-refractivity contribution in [1.29, 1.82) is 0 Å². The van der Waals surface area contributed by atoms with Crippen molar-refractivity contribution in [2.45, 2.75) is 0 Å². The molecule has 0 saturated carbocycles. The molecule has 0 atom stereocenters. The number of aromatic amines is 1. The summed E-state index contributed by atoms with van der Waals surface area (Å²) in [6.45, 7) is 0. The molecule has 0 aliphatic carbocycles. The molecule has 18 heavy (non-hydrogen) atoms. The van der Waals surface area contributed by atoms with Crippen LogP contribution in [-0.4, -0.2) is 21.0 Å². The second-order valence-electron chi connectivity index (χ2n) is 3.99. The molecule has 2 N–H and O–H groups in total. The van der Waals surface area contributed by atoms with E-state index in [4.69, 9.17) is 5.11 Å². The van der Waals surface area contributed by atoms with Crippen molar-refractivity contribution in [2.75, 3.05) is 0 Å². The monoisotopic (exact) mass is 238 g/mol. The normalized spacial score (nSPS) is 10.7. The molecule has 2 aromatic heterocycles. The SMILES string of the molecule is O=C(O)c1cccc(-c2c[nH]c3ncccc23)c1. The molecular weight excluding hydrogens is 228 g/mol. The second kappa shape index (κ2) is 4.00. The zero-order valence-electron chi connectivity index (χ0n) is 9.42. The molecular formula is C14H10N2O2. The summed E-state index contributed by atoms with van der Waals surface area (Å²) in [5.41, 5.74) is 2.91. The summed E-state index contributed by atoms with van der Waals surface area (Å²) in [5.74, 6) is -0.921. The molecule has 0 unspecified atom stereocenters. The summed E-state index contributed by atoms with van der Waals surface area (Å²) in [5, 5.41) is 9.99. The third-order valence-corrected chi connectivity index (χ3v) is 2.87. The zero-order valence-corrected chi connectivity index (χ0v) is 9.42. The van der Waals surface area contributed by atoms with Gasteiger partial charge in [0, 0.05) is 23.3 Å². The first-order valence-corrected chi connectivity index (χ1v) is 5.51. The van der Waals surface area contributed by atoms with E-state index in [1.54, 1.807) is 24.4 Å². The minimum atomic E-state index is -0.921. The molecule has 0 aliphatic heterocycles. The fourth-order valence-electron chi connectivity index (χ4n) is 2.01. The minimum absolute atomic E-state index is 0.283. The highest BCUT2D eigenvalue weighted by Crippen LogP contribution is 2.27. The summed E-state index contributed by atoms with van der Waals surface area (Å²) >= 11 is 0. The molecule has 1 aromatic carbocycles. The van der Waals surface area contributed by atoms with Crippen LogP contribution in [0.15, 0.2) is 48.8 Å². The van der Waals surface area contributed by atoms with Crippen LogP contribution in [0, 0.1) is 0 Å². The summed E-state index contributed by atoms with van der Waals surface area (Å²) in [7, 11) is 0. The predicted molar refractivity (Wildman–Crippen MR) is 68.5 cm³/mol. The number of aromatic nitrogens is 2. The average molecular weight is 238 g/mol. The highest BCUT2D eigenvalue weighted by atomic mass is 16.4. The van der Waals surface area contributed by atoms with Gasteiger partial charge in [0.15, 0.2) is 0 Å². The molecule has 3 aromatic rings. The number of hydrogen-bond donors (Lipinski definition) is 2. The van der Waals surface area contributed by atoms with Crippen LogP contribution < -0.4 is 0 Å². The maximum absolute atomic E-state index is 11.0. The van der Waals surface area contributed by atoms with E-state index in [1.165, 1.54) is 0 Å². The van der Waals surface area contributed by atoms with Gasteiger partial charge in [0.05, 0.1) is 5.56 Å². The van der Waals surface area contributed by atoms with Crippen molar-refractivity contribution in [3.8, 4) is 11.1 Å². The maximum atomic E-state index is 11.0. The van der Waals surface area contributed by atoms with Crippen molar-refractivity contribution < 1.29 is 9.90 Å². The molecule has 4 heteroatoms. The predicted octanol–water partition coefficient (Wildman–Crippen LogP) is 2.93. The van der Waals surface area contributed by atoms with E-state index in [1.807, 2.05) is 24.4 Å². The lowest BCUT2D eigenvalue weighted by Crippen LogP contribution is -1.95. The Hall–Kier alpha value is -2.62. The number of rotatable bonds is 2. The number of nitrogens with one attached hydrogen (secondary N) is 1. The smallest absolute Gasteiger partial charge is 0.335 e. The number of nitrogens with zero attached hydrogens (tertiary/aromatic N) is 1. The van der Waals surface area contributed by atoms with E-state index in [0.29, 0.717) is 0 Å². The van der Waals surface area contributed by atoms with E-state index in [2.05, 4.69) is 9.97 Å². The Balaban J connectivity index is 2.20. The number of carboxylic acids is 1. The molecule has 88 valence electrons. The van der Waals surface area contributed by atoms with Crippen molar-refractivity contribution >= 4 is 17.0 Å². The number of fused-ring (bicyclic) bond motifs is 1.